The number of aromatic hydroxyl groups is 1. The smallest absolute Gasteiger partial charge is 0.302 e. The van der Waals surface area contributed by atoms with Crippen molar-refractivity contribution in [1.82, 2.24) is 4.98 Å². The van der Waals surface area contributed by atoms with Crippen LogP contribution in [-0.2, 0) is 19.1 Å². The molecule has 59 heavy (non-hydrogen) atoms. The SMILES string of the molecule is CO[C@H]1/C=C/C[C@@]2(C)Oc3c(C)c(O)c4c(=O)c(c5oc6cc(F)cc(=O)c6nc5c4c3=C2O)NC(=O)/C(C)=C\C=C\[C@H](C)[C@H](O)[C@@H](C)[C@@H](O)[C@@H](C)[C@H](OC(C)=O)[C@@H]1C. The number of aromatic nitrogens is 1. The first kappa shape index (κ1) is 43.0. The highest BCUT2D eigenvalue weighted by molar-refractivity contribution is 6.16. The summed E-state index contributed by atoms with van der Waals surface area (Å²) in [4.78, 5) is 58.1. The maximum absolute atomic E-state index is 14.5. The van der Waals surface area contributed by atoms with Crippen molar-refractivity contribution in [3.8, 4) is 11.5 Å². The molecule has 9 atom stereocenters. The van der Waals surface area contributed by atoms with E-state index in [2.05, 4.69) is 10.3 Å². The number of aliphatic hydroxyl groups is 3. The Morgan fingerprint density at radius 2 is 1.68 bits per heavy atom. The quantitative estimate of drug-likeness (QED) is 0.0767. The minimum absolute atomic E-state index is 0.000527. The molecule has 0 saturated carbocycles. The van der Waals surface area contributed by atoms with Crippen LogP contribution in [-0.4, -0.2) is 74.4 Å². The zero-order valence-electron chi connectivity index (χ0n) is 34.2. The van der Waals surface area contributed by atoms with E-state index in [1.54, 1.807) is 52.8 Å². The molecule has 15 heteroatoms. The number of aliphatic hydroxyl groups excluding tert-OH is 3. The van der Waals surface area contributed by atoms with Gasteiger partial charge in [0.15, 0.2) is 22.3 Å². The molecule has 0 aliphatic carbocycles. The second-order valence-corrected chi connectivity index (χ2v) is 16.0. The molecule has 2 aliphatic heterocycles. The average molecular weight is 817 g/mol. The van der Waals surface area contributed by atoms with E-state index in [1.165, 1.54) is 40.0 Å². The Bertz CT molecular complexity index is 2650. The van der Waals surface area contributed by atoms with Crippen molar-refractivity contribution in [3.05, 3.63) is 85.1 Å². The number of phenols is 1. The maximum atomic E-state index is 14.5. The number of amides is 1. The first-order valence-electron chi connectivity index (χ1n) is 19.3. The molecule has 1 aromatic heterocycles. The number of ether oxygens (including phenoxy) is 3. The summed E-state index contributed by atoms with van der Waals surface area (Å²) in [6.45, 7) is 12.7. The standard InChI is InChI=1S/C44H49FN2O12/c1-18-12-10-13-19(2)43(55)47-34-38(53)30-29(33-41(34)58-28-17-25(45)16-26(49)32(28)46-33)31-40(23(6)37(30)52)59-44(8,42(31)54)15-11-14-27(56-9)20(3)39(57-24(7)48)22(5)36(51)21(4)35(18)50/h10-14,16-18,20-22,27,35-36,39,50-52,54H,15H2,1-9H3,(H,47,55)/b12-10+,14-11+,19-13-/t18-,20+,21+,22+,27-,35-,36+,39+,44+/m0/s1. The van der Waals surface area contributed by atoms with E-state index in [4.69, 9.17) is 18.6 Å². The molecule has 0 saturated heterocycles. The molecule has 314 valence electrons. The third-order valence-corrected chi connectivity index (χ3v) is 11.8. The number of nitrogens with one attached hydrogen (secondary N) is 1. The number of carbonyl (C=O) groups is 2. The molecule has 6 rings (SSSR count). The van der Waals surface area contributed by atoms with Crippen LogP contribution in [0.15, 0.2) is 62.1 Å². The average Bonchev–Trinajstić information content (AvgIpc) is 3.45. The van der Waals surface area contributed by atoms with Crippen molar-refractivity contribution in [2.75, 3.05) is 12.4 Å². The molecule has 14 nitrogen and oxygen atoms in total. The summed E-state index contributed by atoms with van der Waals surface area (Å²) >= 11 is 0. The number of halogens is 1. The van der Waals surface area contributed by atoms with E-state index < -0.39 is 93.7 Å². The Morgan fingerprint density at radius 3 is 2.34 bits per heavy atom. The molecular formula is C44H49FN2O12. The van der Waals surface area contributed by atoms with Gasteiger partial charge in [-0.05, 0) is 20.8 Å². The number of fused-ring (bicyclic) bond motifs is 2. The lowest BCUT2D eigenvalue weighted by Crippen LogP contribution is -2.46. The van der Waals surface area contributed by atoms with Gasteiger partial charge in [0.05, 0.1) is 28.9 Å². The molecule has 4 bridgehead atoms. The summed E-state index contributed by atoms with van der Waals surface area (Å²) in [6.07, 6.45) is 4.23. The van der Waals surface area contributed by atoms with Crippen LogP contribution in [0.25, 0.3) is 38.7 Å². The Labute approximate surface area is 338 Å². The van der Waals surface area contributed by atoms with Crippen molar-refractivity contribution in [3.63, 3.8) is 0 Å². The molecular weight excluding hydrogens is 767 g/mol. The zero-order valence-corrected chi connectivity index (χ0v) is 34.2. The Morgan fingerprint density at radius 1 is 0.983 bits per heavy atom. The normalized spacial score (nSPS) is 30.3. The van der Waals surface area contributed by atoms with E-state index in [0.717, 1.165) is 6.07 Å². The van der Waals surface area contributed by atoms with Crippen molar-refractivity contribution >= 4 is 56.3 Å². The number of benzene rings is 3. The van der Waals surface area contributed by atoms with Gasteiger partial charge in [0.1, 0.15) is 40.4 Å². The predicted molar refractivity (Wildman–Crippen MR) is 219 cm³/mol. The maximum Gasteiger partial charge on any atom is 0.302 e. The molecule has 3 heterocycles. The van der Waals surface area contributed by atoms with Crippen LogP contribution >= 0.6 is 0 Å². The third-order valence-electron chi connectivity index (χ3n) is 11.8. The van der Waals surface area contributed by atoms with E-state index in [1.807, 2.05) is 0 Å². The number of hydrogen-bond acceptors (Lipinski definition) is 13. The van der Waals surface area contributed by atoms with Crippen molar-refractivity contribution in [1.29, 1.82) is 0 Å². The van der Waals surface area contributed by atoms with Crippen molar-refractivity contribution in [2.45, 2.75) is 91.8 Å². The molecule has 0 spiro atoms. The molecule has 0 fully saturated rings. The van der Waals surface area contributed by atoms with Gasteiger partial charge in [0.25, 0.3) is 5.91 Å². The summed E-state index contributed by atoms with van der Waals surface area (Å²) in [5, 5.41) is 48.7. The van der Waals surface area contributed by atoms with Gasteiger partial charge in [0.2, 0.25) is 10.9 Å². The first-order valence-corrected chi connectivity index (χ1v) is 19.3. The highest BCUT2D eigenvalue weighted by Crippen LogP contribution is 2.43. The molecule has 5 N–H and O–H groups in total. The fourth-order valence-electron chi connectivity index (χ4n) is 8.17. The highest BCUT2D eigenvalue weighted by Gasteiger charge is 2.42. The number of phenolic OH excluding ortho intramolecular Hbond substituents is 1. The number of hydrogen-bond donors (Lipinski definition) is 5. The minimum atomic E-state index is -1.51. The van der Waals surface area contributed by atoms with Crippen LogP contribution in [0.5, 0.6) is 11.5 Å². The van der Waals surface area contributed by atoms with E-state index >= 15 is 0 Å². The van der Waals surface area contributed by atoms with Gasteiger partial charge in [-0.25, -0.2) is 9.37 Å². The number of nitrogens with zero attached hydrogens (tertiary/aromatic N) is 1. The lowest BCUT2D eigenvalue weighted by atomic mass is 9.78. The second kappa shape index (κ2) is 16.2. The van der Waals surface area contributed by atoms with E-state index in [-0.39, 0.29) is 67.3 Å². The highest BCUT2D eigenvalue weighted by atomic mass is 19.1. The van der Waals surface area contributed by atoms with Gasteiger partial charge in [-0.3, -0.25) is 19.2 Å². The van der Waals surface area contributed by atoms with Crippen LogP contribution < -0.4 is 26.1 Å². The number of rotatable bonds is 2. The Balaban J connectivity index is 1.64. The van der Waals surface area contributed by atoms with Gasteiger partial charge in [-0.1, -0.05) is 58.1 Å². The van der Waals surface area contributed by atoms with Gasteiger partial charge in [-0.15, -0.1) is 0 Å². The number of methoxy groups -OCH3 is 1. The van der Waals surface area contributed by atoms with Gasteiger partial charge >= 0.3 is 5.97 Å². The van der Waals surface area contributed by atoms with Crippen LogP contribution in [0.3, 0.4) is 0 Å². The molecule has 1 amide bonds. The minimum Gasteiger partial charge on any atom is -0.507 e. The molecule has 0 unspecified atom stereocenters. The number of allylic oxidation sites excluding steroid dienone is 2. The molecule has 2 aliphatic rings. The lowest BCUT2D eigenvalue weighted by Gasteiger charge is -2.38. The monoisotopic (exact) mass is 816 g/mol. The molecule has 4 aromatic rings. The van der Waals surface area contributed by atoms with Crippen LogP contribution in [0.1, 0.15) is 60.5 Å². The fourth-order valence-corrected chi connectivity index (χ4v) is 8.17. The summed E-state index contributed by atoms with van der Waals surface area (Å²) < 4.78 is 38.5. The van der Waals surface area contributed by atoms with Crippen molar-refractivity contribution < 1.29 is 53.0 Å². The number of anilines is 1. The summed E-state index contributed by atoms with van der Waals surface area (Å²) in [6, 6.07) is 1.62. The summed E-state index contributed by atoms with van der Waals surface area (Å²) in [5.74, 6) is -5.61. The van der Waals surface area contributed by atoms with Crippen LogP contribution in [0.2, 0.25) is 0 Å². The summed E-state index contributed by atoms with van der Waals surface area (Å²) in [7, 11) is 1.47. The Hall–Kier alpha value is -5.64. The van der Waals surface area contributed by atoms with Gasteiger partial charge < -0.3 is 44.4 Å². The van der Waals surface area contributed by atoms with Crippen LogP contribution in [0.4, 0.5) is 10.1 Å². The third kappa shape index (κ3) is 7.58. The Kier molecular flexibility index (Phi) is 11.8. The van der Waals surface area contributed by atoms with Gasteiger partial charge in [0, 0.05) is 72.8 Å². The summed E-state index contributed by atoms with van der Waals surface area (Å²) in [5.41, 5.74) is -4.79. The zero-order chi connectivity index (χ0) is 43.4. The van der Waals surface area contributed by atoms with Crippen molar-refractivity contribution in [2.24, 2.45) is 23.7 Å². The predicted octanol–water partition coefficient (Wildman–Crippen LogP) is 5.16. The van der Waals surface area contributed by atoms with Gasteiger partial charge in [-0.2, -0.15) is 0 Å². The number of carbonyl (C=O) groups excluding carboxylic acids is 2. The topological polar surface area (TPSA) is 215 Å². The second-order valence-electron chi connectivity index (χ2n) is 16.0. The first-order chi connectivity index (χ1) is 27.7. The molecule has 0 radical (unpaired) electrons. The van der Waals surface area contributed by atoms with Crippen LogP contribution in [0, 0.1) is 36.4 Å². The fraction of sp³-hybridized carbons (Fsp3) is 0.432. The molecule has 3 aromatic carbocycles. The largest absolute Gasteiger partial charge is 0.507 e. The number of esters is 1. The van der Waals surface area contributed by atoms with E-state index in [0.29, 0.717) is 6.07 Å². The van der Waals surface area contributed by atoms with E-state index in [9.17, 15) is 44.0 Å². The lowest BCUT2D eigenvalue weighted by molar-refractivity contribution is -0.160.